The Bertz CT molecular complexity index is 816. The fourth-order valence-electron chi connectivity index (χ4n) is 6.81. The van der Waals surface area contributed by atoms with Gasteiger partial charge in [0.05, 0.1) is 12.1 Å². The van der Waals surface area contributed by atoms with Gasteiger partial charge in [-0.2, -0.15) is 0 Å². The van der Waals surface area contributed by atoms with Crippen LogP contribution in [-0.4, -0.2) is 67.1 Å². The summed E-state index contributed by atoms with van der Waals surface area (Å²) >= 11 is 0. The van der Waals surface area contributed by atoms with Gasteiger partial charge in [0.2, 0.25) is 0 Å². The van der Waals surface area contributed by atoms with Gasteiger partial charge in [0.1, 0.15) is 12.3 Å². The lowest BCUT2D eigenvalue weighted by atomic mass is 9.72. The zero-order chi connectivity index (χ0) is 24.2. The predicted octanol–water partition coefficient (Wildman–Crippen LogP) is 4.44. The molecule has 35 heavy (non-hydrogen) atoms. The highest BCUT2D eigenvalue weighted by Crippen LogP contribution is 2.38. The van der Waals surface area contributed by atoms with E-state index >= 15 is 0 Å². The number of aliphatic imine (C=N–C) groups is 2. The lowest BCUT2D eigenvalue weighted by molar-refractivity contribution is 0.167. The maximum absolute atomic E-state index is 13.9. The number of amides is 2. The number of hydrogen-bond donors (Lipinski definition) is 3. The SMILES string of the molecule is O=C(NCC1CC=CC=N1)NC1CCC2NC(C3CCC(F)CC3)C(C3CCC(F)CC3)=NC2C1. The highest BCUT2D eigenvalue weighted by Gasteiger charge is 2.43. The smallest absolute Gasteiger partial charge is 0.315 e. The van der Waals surface area contributed by atoms with E-state index in [0.717, 1.165) is 51.4 Å². The minimum atomic E-state index is -0.686. The molecule has 5 rings (SSSR count). The molecule has 0 saturated heterocycles. The van der Waals surface area contributed by atoms with Gasteiger partial charge < -0.3 is 16.0 Å². The lowest BCUT2D eigenvalue weighted by Crippen LogP contribution is -2.61. The van der Waals surface area contributed by atoms with Crippen LogP contribution in [0.2, 0.25) is 0 Å². The van der Waals surface area contributed by atoms with E-state index in [1.807, 2.05) is 6.08 Å². The number of urea groups is 1. The number of alkyl halides is 2. The molecule has 0 spiro atoms. The molecular formula is C27H41F2N5O. The predicted molar refractivity (Wildman–Crippen MR) is 136 cm³/mol. The summed E-state index contributed by atoms with van der Waals surface area (Å²) in [6.45, 7) is 0.537. The summed E-state index contributed by atoms with van der Waals surface area (Å²) in [6, 6.07) is 0.705. The Labute approximate surface area is 207 Å². The van der Waals surface area contributed by atoms with Crippen molar-refractivity contribution in [2.75, 3.05) is 6.54 Å². The quantitative estimate of drug-likeness (QED) is 0.534. The number of fused-ring (bicyclic) bond motifs is 1. The van der Waals surface area contributed by atoms with Gasteiger partial charge in [0.25, 0.3) is 0 Å². The molecule has 0 bridgehead atoms. The van der Waals surface area contributed by atoms with E-state index < -0.39 is 12.3 Å². The van der Waals surface area contributed by atoms with Gasteiger partial charge in [0, 0.05) is 36.6 Å². The van der Waals surface area contributed by atoms with E-state index in [0.29, 0.717) is 50.1 Å². The highest BCUT2D eigenvalue weighted by molar-refractivity contribution is 5.93. The van der Waals surface area contributed by atoms with E-state index in [9.17, 15) is 13.6 Å². The standard InChI is InChI=1S/C27H41F2N5O/c28-19-8-4-17(5-9-19)25-26(18-6-10-20(29)11-7-18)34-24-15-21(12-13-23(24)33-25)32-27(35)31-16-22-3-1-2-14-30-22/h1-2,14,17-25,33H,3-13,15-16H2,(H2,31,32,35). The molecule has 3 fully saturated rings. The Morgan fingerprint density at radius 1 is 1.00 bits per heavy atom. The normalized spacial score (nSPS) is 41.5. The van der Waals surface area contributed by atoms with E-state index in [-0.39, 0.29) is 30.2 Å². The van der Waals surface area contributed by atoms with E-state index in [4.69, 9.17) is 4.99 Å². The number of halogens is 2. The fourth-order valence-corrected chi connectivity index (χ4v) is 6.81. The monoisotopic (exact) mass is 489 g/mol. The van der Waals surface area contributed by atoms with Crippen LogP contribution in [0.1, 0.15) is 77.0 Å². The number of carbonyl (C=O) groups excluding carboxylic acids is 1. The van der Waals surface area contributed by atoms with Crippen LogP contribution in [0.3, 0.4) is 0 Å². The van der Waals surface area contributed by atoms with Gasteiger partial charge in [-0.25, -0.2) is 13.6 Å². The molecule has 3 saturated carbocycles. The van der Waals surface area contributed by atoms with Crippen LogP contribution in [-0.2, 0) is 0 Å². The van der Waals surface area contributed by atoms with E-state index in [1.54, 1.807) is 6.21 Å². The summed E-state index contributed by atoms with van der Waals surface area (Å²) in [6.07, 6.45) is 14.0. The molecule has 5 atom stereocenters. The molecule has 5 unspecified atom stereocenters. The summed E-state index contributed by atoms with van der Waals surface area (Å²) in [5.41, 5.74) is 1.22. The minimum absolute atomic E-state index is 0.0953. The van der Waals surface area contributed by atoms with E-state index in [2.05, 4.69) is 27.0 Å². The van der Waals surface area contributed by atoms with Crippen molar-refractivity contribution in [2.45, 2.75) is 120 Å². The van der Waals surface area contributed by atoms with Crippen molar-refractivity contribution in [2.24, 2.45) is 21.8 Å². The third kappa shape index (κ3) is 6.30. The summed E-state index contributed by atoms with van der Waals surface area (Å²) in [7, 11) is 0. The van der Waals surface area contributed by atoms with Crippen LogP contribution >= 0.6 is 0 Å². The summed E-state index contributed by atoms with van der Waals surface area (Å²) in [5, 5.41) is 10.1. The molecule has 5 aliphatic rings. The number of carbonyl (C=O) groups is 1. The average molecular weight is 490 g/mol. The van der Waals surface area contributed by atoms with Gasteiger partial charge in [0.15, 0.2) is 0 Å². The number of rotatable bonds is 5. The van der Waals surface area contributed by atoms with Gasteiger partial charge in [-0.15, -0.1) is 0 Å². The molecule has 0 aromatic heterocycles. The van der Waals surface area contributed by atoms with Crippen LogP contribution in [0.5, 0.6) is 0 Å². The molecule has 0 aromatic rings. The molecule has 0 aromatic carbocycles. The van der Waals surface area contributed by atoms with Crippen molar-refractivity contribution in [1.82, 2.24) is 16.0 Å². The zero-order valence-corrected chi connectivity index (χ0v) is 20.7. The number of dihydropyridines is 1. The maximum atomic E-state index is 13.9. The van der Waals surface area contributed by atoms with Crippen LogP contribution in [0.15, 0.2) is 22.1 Å². The van der Waals surface area contributed by atoms with Gasteiger partial charge >= 0.3 is 6.03 Å². The van der Waals surface area contributed by atoms with Crippen molar-refractivity contribution in [3.05, 3.63) is 12.2 Å². The van der Waals surface area contributed by atoms with Crippen LogP contribution in [0, 0.1) is 11.8 Å². The van der Waals surface area contributed by atoms with Crippen molar-refractivity contribution in [3.8, 4) is 0 Å². The highest BCUT2D eigenvalue weighted by atomic mass is 19.1. The first-order chi connectivity index (χ1) is 17.0. The van der Waals surface area contributed by atoms with Crippen molar-refractivity contribution in [3.63, 3.8) is 0 Å². The number of allylic oxidation sites excluding steroid dienone is 1. The number of nitrogens with one attached hydrogen (secondary N) is 3. The first-order valence-corrected chi connectivity index (χ1v) is 13.9. The van der Waals surface area contributed by atoms with E-state index in [1.165, 1.54) is 5.71 Å². The molecular weight excluding hydrogens is 448 g/mol. The topological polar surface area (TPSA) is 77.9 Å². The van der Waals surface area contributed by atoms with Crippen LogP contribution in [0.25, 0.3) is 0 Å². The fraction of sp³-hybridized carbons (Fsp3) is 0.815. The zero-order valence-electron chi connectivity index (χ0n) is 20.7. The largest absolute Gasteiger partial charge is 0.336 e. The summed E-state index contributed by atoms with van der Waals surface area (Å²) in [4.78, 5) is 22.3. The Morgan fingerprint density at radius 3 is 2.46 bits per heavy atom. The molecule has 2 aliphatic heterocycles. The lowest BCUT2D eigenvalue weighted by Gasteiger charge is -2.46. The third-order valence-electron chi connectivity index (χ3n) is 8.85. The maximum Gasteiger partial charge on any atom is 0.315 e. The minimum Gasteiger partial charge on any atom is -0.336 e. The Morgan fingerprint density at radius 2 is 1.74 bits per heavy atom. The molecule has 3 aliphatic carbocycles. The second kappa shape index (κ2) is 11.5. The second-order valence-electron chi connectivity index (χ2n) is 11.3. The van der Waals surface area contributed by atoms with Gasteiger partial charge in [-0.3, -0.25) is 9.98 Å². The average Bonchev–Trinajstić information content (AvgIpc) is 2.88. The Hall–Kier alpha value is -1.83. The molecule has 6 nitrogen and oxygen atoms in total. The molecule has 2 amide bonds. The van der Waals surface area contributed by atoms with Gasteiger partial charge in [-0.05, 0) is 95.0 Å². The van der Waals surface area contributed by atoms with Gasteiger partial charge in [-0.1, -0.05) is 6.08 Å². The summed E-state index contributed by atoms with van der Waals surface area (Å²) < 4.78 is 27.7. The molecule has 8 heteroatoms. The first-order valence-electron chi connectivity index (χ1n) is 13.9. The Kier molecular flexibility index (Phi) is 8.15. The van der Waals surface area contributed by atoms with Crippen molar-refractivity contribution in [1.29, 1.82) is 0 Å². The molecule has 2 heterocycles. The van der Waals surface area contributed by atoms with Crippen LogP contribution < -0.4 is 16.0 Å². The number of nitrogens with zero attached hydrogens (tertiary/aromatic N) is 2. The van der Waals surface area contributed by atoms with Crippen LogP contribution in [0.4, 0.5) is 13.6 Å². The molecule has 3 N–H and O–H groups in total. The summed E-state index contributed by atoms with van der Waals surface area (Å²) in [5.74, 6) is 0.744. The van der Waals surface area contributed by atoms with Crippen molar-refractivity contribution >= 4 is 18.0 Å². The second-order valence-corrected chi connectivity index (χ2v) is 11.3. The van der Waals surface area contributed by atoms with Crippen molar-refractivity contribution < 1.29 is 13.6 Å². The number of hydrogen-bond acceptors (Lipinski definition) is 4. The Balaban J connectivity index is 1.22. The molecule has 194 valence electrons. The molecule has 0 radical (unpaired) electrons. The third-order valence-corrected chi connectivity index (χ3v) is 8.85. The first kappa shape index (κ1) is 24.8.